The standard InChI is InChI=1S/C17H27N3O/c1-5-21-15-8-6-7-14(11-15)12-19-16(18-4)20-10-9-17(2,3)13-20/h6-8,11H,5,9-10,12-13H2,1-4H3,(H,18,19). The number of rotatable bonds is 4. The molecule has 1 saturated heterocycles. The van der Waals surface area contributed by atoms with E-state index in [-0.39, 0.29) is 0 Å². The monoisotopic (exact) mass is 289 g/mol. The summed E-state index contributed by atoms with van der Waals surface area (Å²) >= 11 is 0. The number of aliphatic imine (C=N–C) groups is 1. The van der Waals surface area contributed by atoms with Crippen molar-refractivity contribution in [1.29, 1.82) is 0 Å². The van der Waals surface area contributed by atoms with Crippen LogP contribution in [0.4, 0.5) is 0 Å². The van der Waals surface area contributed by atoms with E-state index in [4.69, 9.17) is 4.74 Å². The number of likely N-dealkylation sites (tertiary alicyclic amines) is 1. The van der Waals surface area contributed by atoms with Gasteiger partial charge < -0.3 is 15.0 Å². The minimum absolute atomic E-state index is 0.381. The van der Waals surface area contributed by atoms with Gasteiger partial charge in [-0.05, 0) is 36.5 Å². The highest BCUT2D eigenvalue weighted by Crippen LogP contribution is 2.28. The number of guanidine groups is 1. The third kappa shape index (κ3) is 4.38. The molecule has 1 aromatic rings. The lowest BCUT2D eigenvalue weighted by atomic mass is 9.93. The van der Waals surface area contributed by atoms with Gasteiger partial charge >= 0.3 is 0 Å². The summed E-state index contributed by atoms with van der Waals surface area (Å²) in [4.78, 5) is 6.75. The van der Waals surface area contributed by atoms with Crippen molar-refractivity contribution in [2.45, 2.75) is 33.7 Å². The number of hydrogen-bond donors (Lipinski definition) is 1. The van der Waals surface area contributed by atoms with Crippen molar-refractivity contribution in [1.82, 2.24) is 10.2 Å². The maximum Gasteiger partial charge on any atom is 0.193 e. The van der Waals surface area contributed by atoms with Crippen molar-refractivity contribution in [3.05, 3.63) is 29.8 Å². The van der Waals surface area contributed by atoms with Crippen LogP contribution in [0.25, 0.3) is 0 Å². The zero-order valence-corrected chi connectivity index (χ0v) is 13.6. The Morgan fingerprint density at radius 2 is 2.24 bits per heavy atom. The molecule has 1 N–H and O–H groups in total. The van der Waals surface area contributed by atoms with Gasteiger partial charge in [-0.2, -0.15) is 0 Å². The first-order valence-electron chi connectivity index (χ1n) is 7.71. The fourth-order valence-corrected chi connectivity index (χ4v) is 2.72. The zero-order valence-electron chi connectivity index (χ0n) is 13.6. The predicted octanol–water partition coefficient (Wildman–Crippen LogP) is 2.89. The van der Waals surface area contributed by atoms with Crippen LogP contribution in [0.5, 0.6) is 5.75 Å². The average Bonchev–Trinajstić information content (AvgIpc) is 2.81. The fourth-order valence-electron chi connectivity index (χ4n) is 2.72. The molecule has 4 heteroatoms. The first kappa shape index (κ1) is 15.7. The van der Waals surface area contributed by atoms with Gasteiger partial charge in [0.1, 0.15) is 5.75 Å². The second-order valence-electron chi connectivity index (χ2n) is 6.32. The Morgan fingerprint density at radius 3 is 2.86 bits per heavy atom. The maximum atomic E-state index is 5.54. The van der Waals surface area contributed by atoms with Gasteiger partial charge in [0.25, 0.3) is 0 Å². The summed E-state index contributed by atoms with van der Waals surface area (Å²) in [6.07, 6.45) is 1.22. The molecule has 0 unspecified atom stereocenters. The molecule has 0 aliphatic carbocycles. The van der Waals surface area contributed by atoms with Crippen LogP contribution in [0.2, 0.25) is 0 Å². The van der Waals surface area contributed by atoms with E-state index in [9.17, 15) is 0 Å². The van der Waals surface area contributed by atoms with Crippen LogP contribution in [0.1, 0.15) is 32.8 Å². The van der Waals surface area contributed by atoms with Gasteiger partial charge in [-0.15, -0.1) is 0 Å². The van der Waals surface area contributed by atoms with Crippen molar-refractivity contribution >= 4 is 5.96 Å². The van der Waals surface area contributed by atoms with E-state index in [0.29, 0.717) is 12.0 Å². The number of nitrogens with one attached hydrogen (secondary N) is 1. The topological polar surface area (TPSA) is 36.9 Å². The Kier molecular flexibility index (Phi) is 5.10. The van der Waals surface area contributed by atoms with Crippen LogP contribution >= 0.6 is 0 Å². The van der Waals surface area contributed by atoms with Gasteiger partial charge in [0.05, 0.1) is 6.61 Å². The molecule has 21 heavy (non-hydrogen) atoms. The highest BCUT2D eigenvalue weighted by Gasteiger charge is 2.30. The largest absolute Gasteiger partial charge is 0.494 e. The maximum absolute atomic E-state index is 5.54. The van der Waals surface area contributed by atoms with Crippen molar-refractivity contribution in [3.63, 3.8) is 0 Å². The highest BCUT2D eigenvalue weighted by atomic mass is 16.5. The number of nitrogens with zero attached hydrogens (tertiary/aromatic N) is 2. The first-order valence-corrected chi connectivity index (χ1v) is 7.71. The third-order valence-corrected chi connectivity index (χ3v) is 3.85. The first-order chi connectivity index (χ1) is 10.0. The average molecular weight is 289 g/mol. The molecule has 0 saturated carbocycles. The summed E-state index contributed by atoms with van der Waals surface area (Å²) in [6, 6.07) is 8.21. The van der Waals surface area contributed by atoms with E-state index in [0.717, 1.165) is 31.3 Å². The molecule has 0 bridgehead atoms. The lowest BCUT2D eigenvalue weighted by Gasteiger charge is -2.23. The van der Waals surface area contributed by atoms with Crippen LogP contribution in [-0.2, 0) is 6.54 Å². The second-order valence-corrected chi connectivity index (χ2v) is 6.32. The summed E-state index contributed by atoms with van der Waals surface area (Å²) in [5, 5.41) is 3.46. The van der Waals surface area contributed by atoms with Crippen LogP contribution < -0.4 is 10.1 Å². The molecule has 2 rings (SSSR count). The quantitative estimate of drug-likeness (QED) is 0.684. The number of hydrogen-bond acceptors (Lipinski definition) is 2. The van der Waals surface area contributed by atoms with Gasteiger partial charge in [-0.25, -0.2) is 0 Å². The molecule has 0 amide bonds. The van der Waals surface area contributed by atoms with Crippen molar-refractivity contribution in [2.75, 3.05) is 26.7 Å². The van der Waals surface area contributed by atoms with Crippen molar-refractivity contribution < 1.29 is 4.74 Å². The van der Waals surface area contributed by atoms with Gasteiger partial charge in [-0.1, -0.05) is 26.0 Å². The minimum atomic E-state index is 0.381. The summed E-state index contributed by atoms with van der Waals surface area (Å²) < 4.78 is 5.54. The molecule has 116 valence electrons. The minimum Gasteiger partial charge on any atom is -0.494 e. The van der Waals surface area contributed by atoms with Crippen molar-refractivity contribution in [2.24, 2.45) is 10.4 Å². The van der Waals surface area contributed by atoms with E-state index in [1.807, 2.05) is 26.1 Å². The fraction of sp³-hybridized carbons (Fsp3) is 0.588. The Morgan fingerprint density at radius 1 is 1.43 bits per heavy atom. The number of benzene rings is 1. The molecule has 1 heterocycles. The van der Waals surface area contributed by atoms with Crippen LogP contribution in [0.3, 0.4) is 0 Å². The summed E-state index contributed by atoms with van der Waals surface area (Å²) in [6.45, 7) is 10.2. The third-order valence-electron chi connectivity index (χ3n) is 3.85. The summed E-state index contributed by atoms with van der Waals surface area (Å²) in [5.74, 6) is 1.91. The lowest BCUT2D eigenvalue weighted by Crippen LogP contribution is -2.40. The Bertz CT molecular complexity index is 497. The normalized spacial score (nSPS) is 17.9. The lowest BCUT2D eigenvalue weighted by molar-refractivity contribution is 0.340. The van der Waals surface area contributed by atoms with Gasteiger partial charge in [0.15, 0.2) is 5.96 Å². The molecule has 1 aliphatic rings. The molecule has 0 spiro atoms. The highest BCUT2D eigenvalue weighted by molar-refractivity contribution is 5.80. The van der Waals surface area contributed by atoms with Gasteiger partial charge in [0.2, 0.25) is 0 Å². The Balaban J connectivity index is 1.93. The van der Waals surface area contributed by atoms with Crippen LogP contribution in [-0.4, -0.2) is 37.6 Å². The van der Waals surface area contributed by atoms with E-state index in [1.54, 1.807) is 0 Å². The van der Waals surface area contributed by atoms with Crippen LogP contribution in [0.15, 0.2) is 29.3 Å². The predicted molar refractivity (Wildman–Crippen MR) is 87.8 cm³/mol. The van der Waals surface area contributed by atoms with Crippen LogP contribution in [0, 0.1) is 5.41 Å². The Hall–Kier alpha value is -1.71. The van der Waals surface area contributed by atoms with Crippen molar-refractivity contribution in [3.8, 4) is 5.75 Å². The SMILES string of the molecule is CCOc1cccc(CNC(=NC)N2CCC(C)(C)C2)c1. The smallest absolute Gasteiger partial charge is 0.193 e. The van der Waals surface area contributed by atoms with E-state index < -0.39 is 0 Å². The Labute approximate surface area is 128 Å². The molecule has 0 radical (unpaired) electrons. The van der Waals surface area contributed by atoms with E-state index in [2.05, 4.69) is 41.2 Å². The molecule has 1 aromatic carbocycles. The molecule has 0 atom stereocenters. The van der Waals surface area contributed by atoms with E-state index in [1.165, 1.54) is 12.0 Å². The van der Waals surface area contributed by atoms with Gasteiger partial charge in [-0.3, -0.25) is 4.99 Å². The zero-order chi connectivity index (χ0) is 15.3. The molecule has 0 aromatic heterocycles. The van der Waals surface area contributed by atoms with E-state index >= 15 is 0 Å². The molecular weight excluding hydrogens is 262 g/mol. The summed E-state index contributed by atoms with van der Waals surface area (Å²) in [7, 11) is 1.85. The molecule has 1 fully saturated rings. The number of ether oxygens (including phenoxy) is 1. The molecule has 1 aliphatic heterocycles. The molecular formula is C17H27N3O. The second kappa shape index (κ2) is 6.83. The summed E-state index contributed by atoms with van der Waals surface area (Å²) in [5.41, 5.74) is 1.59. The molecule has 4 nitrogen and oxygen atoms in total. The van der Waals surface area contributed by atoms with Gasteiger partial charge in [0, 0.05) is 26.7 Å².